The number of nitrogens with one attached hydrogen (secondary N) is 1. The Balaban J connectivity index is 2.16. The van der Waals surface area contributed by atoms with E-state index in [0.717, 1.165) is 6.54 Å². The van der Waals surface area contributed by atoms with Crippen molar-refractivity contribution in [2.45, 2.75) is 32.6 Å². The third-order valence-electron chi connectivity index (χ3n) is 2.96. The summed E-state index contributed by atoms with van der Waals surface area (Å²) in [7, 11) is 0. The third kappa shape index (κ3) is 2.21. The van der Waals surface area contributed by atoms with E-state index in [1.165, 1.54) is 25.7 Å². The molecule has 12 heavy (non-hydrogen) atoms. The highest BCUT2D eigenvalue weighted by molar-refractivity contribution is 5.75. The second-order valence-corrected chi connectivity index (χ2v) is 3.78. The van der Waals surface area contributed by atoms with Crippen molar-refractivity contribution in [1.82, 2.24) is 5.32 Å². The van der Waals surface area contributed by atoms with Crippen LogP contribution in [-0.4, -0.2) is 19.0 Å². The number of carbonyl (C=O) groups excluding carboxylic acids is 1. The lowest BCUT2D eigenvalue weighted by Crippen LogP contribution is -2.42. The van der Waals surface area contributed by atoms with E-state index in [9.17, 15) is 4.79 Å². The van der Waals surface area contributed by atoms with Gasteiger partial charge >= 0.3 is 0 Å². The van der Waals surface area contributed by atoms with Gasteiger partial charge in [-0.05, 0) is 24.7 Å². The molecular formula is C9H18N2O. The summed E-state index contributed by atoms with van der Waals surface area (Å²) in [6, 6.07) is 0. The first-order valence-corrected chi connectivity index (χ1v) is 4.67. The summed E-state index contributed by atoms with van der Waals surface area (Å²) in [6.07, 6.45) is 5.15. The van der Waals surface area contributed by atoms with Crippen molar-refractivity contribution in [2.24, 2.45) is 11.1 Å². The zero-order chi connectivity index (χ0) is 9.03. The Bertz CT molecular complexity index is 158. The smallest absolute Gasteiger partial charge is 0.231 e. The van der Waals surface area contributed by atoms with Crippen LogP contribution < -0.4 is 11.1 Å². The van der Waals surface area contributed by atoms with E-state index < -0.39 is 0 Å². The number of primary amides is 1. The molecule has 3 heteroatoms. The molecule has 1 saturated carbocycles. The molecule has 1 amide bonds. The fraction of sp³-hybridized carbons (Fsp3) is 0.889. The number of carbonyl (C=O) groups is 1. The second kappa shape index (κ2) is 3.90. The molecule has 70 valence electrons. The maximum atomic E-state index is 10.4. The van der Waals surface area contributed by atoms with Crippen molar-refractivity contribution in [1.29, 1.82) is 0 Å². The van der Waals surface area contributed by atoms with E-state index in [-0.39, 0.29) is 5.91 Å². The molecule has 1 aliphatic carbocycles. The van der Waals surface area contributed by atoms with E-state index in [2.05, 4.69) is 12.2 Å². The van der Waals surface area contributed by atoms with Gasteiger partial charge in [-0.2, -0.15) is 0 Å². The van der Waals surface area contributed by atoms with E-state index >= 15 is 0 Å². The third-order valence-corrected chi connectivity index (χ3v) is 2.96. The van der Waals surface area contributed by atoms with Crippen molar-refractivity contribution >= 4 is 5.91 Å². The van der Waals surface area contributed by atoms with Gasteiger partial charge in [0.15, 0.2) is 0 Å². The molecule has 1 aliphatic rings. The number of amides is 1. The van der Waals surface area contributed by atoms with Crippen LogP contribution in [0.5, 0.6) is 0 Å². The Morgan fingerprint density at radius 1 is 1.58 bits per heavy atom. The number of rotatable bonds is 5. The van der Waals surface area contributed by atoms with Crippen molar-refractivity contribution in [2.75, 3.05) is 13.1 Å². The summed E-state index contributed by atoms with van der Waals surface area (Å²) in [5.41, 5.74) is 5.50. The second-order valence-electron chi connectivity index (χ2n) is 3.78. The van der Waals surface area contributed by atoms with Crippen LogP contribution in [-0.2, 0) is 4.79 Å². The van der Waals surface area contributed by atoms with Crippen LogP contribution >= 0.6 is 0 Å². The molecule has 0 aromatic carbocycles. The van der Waals surface area contributed by atoms with Gasteiger partial charge in [0.25, 0.3) is 0 Å². The molecule has 0 spiro atoms. The average molecular weight is 170 g/mol. The minimum absolute atomic E-state index is 0.263. The first-order chi connectivity index (χ1) is 5.68. The van der Waals surface area contributed by atoms with Gasteiger partial charge in [-0.15, -0.1) is 0 Å². The van der Waals surface area contributed by atoms with Gasteiger partial charge in [-0.1, -0.05) is 13.3 Å². The van der Waals surface area contributed by atoms with E-state index in [1.54, 1.807) is 0 Å². The molecule has 1 rings (SSSR count). The number of hydrogen-bond acceptors (Lipinski definition) is 2. The maximum Gasteiger partial charge on any atom is 0.231 e. The predicted octanol–water partition coefficient (Wildman–Crippen LogP) is 0.642. The molecule has 3 N–H and O–H groups in total. The molecule has 0 bridgehead atoms. The maximum absolute atomic E-state index is 10.4. The summed E-state index contributed by atoms with van der Waals surface area (Å²) in [4.78, 5) is 10.4. The van der Waals surface area contributed by atoms with Crippen molar-refractivity contribution < 1.29 is 4.79 Å². The molecule has 0 aromatic heterocycles. The van der Waals surface area contributed by atoms with Gasteiger partial charge in [0, 0.05) is 6.54 Å². The molecule has 1 fully saturated rings. The molecule has 0 saturated heterocycles. The van der Waals surface area contributed by atoms with Gasteiger partial charge in [-0.25, -0.2) is 0 Å². The van der Waals surface area contributed by atoms with Crippen LogP contribution in [0.2, 0.25) is 0 Å². The van der Waals surface area contributed by atoms with E-state index in [0.29, 0.717) is 12.0 Å². The highest BCUT2D eigenvalue weighted by atomic mass is 16.1. The first-order valence-electron chi connectivity index (χ1n) is 4.67. The largest absolute Gasteiger partial charge is 0.369 e. The average Bonchev–Trinajstić information content (AvgIpc) is 1.94. The highest BCUT2D eigenvalue weighted by Crippen LogP contribution is 2.42. The van der Waals surface area contributed by atoms with Gasteiger partial charge in [0.2, 0.25) is 5.91 Å². The van der Waals surface area contributed by atoms with Crippen LogP contribution in [0.1, 0.15) is 32.6 Å². The summed E-state index contributed by atoms with van der Waals surface area (Å²) < 4.78 is 0. The Kier molecular flexibility index (Phi) is 3.09. The van der Waals surface area contributed by atoms with Crippen LogP contribution in [0, 0.1) is 5.41 Å². The molecule has 0 heterocycles. The summed E-state index contributed by atoms with van der Waals surface area (Å²) in [5.74, 6) is -0.263. The zero-order valence-corrected chi connectivity index (χ0v) is 7.73. The summed E-state index contributed by atoms with van der Waals surface area (Å²) in [6.45, 7) is 3.49. The molecular weight excluding hydrogens is 152 g/mol. The molecule has 0 aliphatic heterocycles. The molecule has 3 nitrogen and oxygen atoms in total. The SMILES string of the molecule is CCC1(CNCC(N)=O)CCC1. The Morgan fingerprint density at radius 2 is 2.25 bits per heavy atom. The Labute approximate surface area is 73.7 Å². The van der Waals surface area contributed by atoms with Crippen molar-refractivity contribution in [3.05, 3.63) is 0 Å². The molecule has 0 atom stereocenters. The normalized spacial score (nSPS) is 20.1. The van der Waals surface area contributed by atoms with Gasteiger partial charge < -0.3 is 11.1 Å². The number of hydrogen-bond donors (Lipinski definition) is 2. The van der Waals surface area contributed by atoms with Crippen LogP contribution in [0.4, 0.5) is 0 Å². The van der Waals surface area contributed by atoms with Crippen molar-refractivity contribution in [3.8, 4) is 0 Å². The number of nitrogens with two attached hydrogens (primary N) is 1. The summed E-state index contributed by atoms with van der Waals surface area (Å²) in [5, 5.41) is 3.10. The lowest BCUT2D eigenvalue weighted by molar-refractivity contribution is -0.117. The topological polar surface area (TPSA) is 55.1 Å². The minimum atomic E-state index is -0.263. The fourth-order valence-electron chi connectivity index (χ4n) is 1.78. The van der Waals surface area contributed by atoms with Crippen LogP contribution in [0.15, 0.2) is 0 Å². The van der Waals surface area contributed by atoms with Gasteiger partial charge in [0.05, 0.1) is 6.54 Å². The lowest BCUT2D eigenvalue weighted by atomic mass is 9.67. The standard InChI is InChI=1S/C9H18N2O/c1-2-9(4-3-5-9)7-11-6-8(10)12/h11H,2-7H2,1H3,(H2,10,12). The Hall–Kier alpha value is -0.570. The van der Waals surface area contributed by atoms with E-state index in [4.69, 9.17) is 5.73 Å². The monoisotopic (exact) mass is 170 g/mol. The van der Waals surface area contributed by atoms with Crippen LogP contribution in [0.25, 0.3) is 0 Å². The highest BCUT2D eigenvalue weighted by Gasteiger charge is 2.34. The quantitative estimate of drug-likeness (QED) is 0.636. The van der Waals surface area contributed by atoms with Gasteiger partial charge in [-0.3, -0.25) is 4.79 Å². The minimum Gasteiger partial charge on any atom is -0.369 e. The fourth-order valence-corrected chi connectivity index (χ4v) is 1.78. The van der Waals surface area contributed by atoms with E-state index in [1.807, 2.05) is 0 Å². The lowest BCUT2D eigenvalue weighted by Gasteiger charge is -2.41. The Morgan fingerprint density at radius 3 is 2.58 bits per heavy atom. The van der Waals surface area contributed by atoms with Gasteiger partial charge in [0.1, 0.15) is 0 Å². The molecule has 0 aromatic rings. The molecule has 0 radical (unpaired) electrons. The molecule has 0 unspecified atom stereocenters. The predicted molar refractivity (Wildman–Crippen MR) is 48.6 cm³/mol. The van der Waals surface area contributed by atoms with Crippen LogP contribution in [0.3, 0.4) is 0 Å². The first kappa shape index (κ1) is 9.52. The zero-order valence-electron chi connectivity index (χ0n) is 7.73. The van der Waals surface area contributed by atoms with Crippen molar-refractivity contribution in [3.63, 3.8) is 0 Å². The summed E-state index contributed by atoms with van der Waals surface area (Å²) >= 11 is 0.